The number of hydrogen-bond acceptors (Lipinski definition) is 5. The predicted octanol–water partition coefficient (Wildman–Crippen LogP) is 5.90. The molecule has 33 heavy (non-hydrogen) atoms. The van der Waals surface area contributed by atoms with Gasteiger partial charge in [-0.25, -0.2) is 9.78 Å². The molecule has 0 aliphatic carbocycles. The summed E-state index contributed by atoms with van der Waals surface area (Å²) in [4.78, 5) is 20.2. The number of carbonyl (C=O) groups excluding carboxylic acids is 1. The summed E-state index contributed by atoms with van der Waals surface area (Å²) in [7, 11) is 4.04. The maximum Gasteiger partial charge on any atom is 0.338 e. The number of esters is 1. The van der Waals surface area contributed by atoms with Gasteiger partial charge in [0.05, 0.1) is 29.3 Å². The van der Waals surface area contributed by atoms with Gasteiger partial charge in [-0.15, -0.1) is 0 Å². The highest BCUT2D eigenvalue weighted by Gasteiger charge is 2.34. The Kier molecular flexibility index (Phi) is 7.02. The first-order chi connectivity index (χ1) is 16.0. The van der Waals surface area contributed by atoms with E-state index in [2.05, 4.69) is 46.0 Å². The Bertz CT molecular complexity index is 1140. The van der Waals surface area contributed by atoms with E-state index in [1.54, 1.807) is 0 Å². The quantitative estimate of drug-likeness (QED) is 0.327. The highest BCUT2D eigenvalue weighted by atomic mass is 16.5. The average Bonchev–Trinajstić information content (AvgIpc) is 3.18. The van der Waals surface area contributed by atoms with E-state index < -0.39 is 0 Å². The van der Waals surface area contributed by atoms with Crippen molar-refractivity contribution >= 4 is 28.6 Å². The molecule has 0 spiro atoms. The number of unbranched alkanes of at least 4 members (excludes halogenated alkanes) is 4. The normalized spacial score (nSPS) is 15.3. The van der Waals surface area contributed by atoms with Crippen LogP contribution in [0.2, 0.25) is 0 Å². The van der Waals surface area contributed by atoms with Crippen molar-refractivity contribution in [2.24, 2.45) is 0 Å². The molecule has 1 N–H and O–H groups in total. The van der Waals surface area contributed by atoms with Gasteiger partial charge in [-0.1, -0.05) is 56.9 Å². The lowest BCUT2D eigenvalue weighted by molar-refractivity contribution is -0.139. The summed E-state index contributed by atoms with van der Waals surface area (Å²) in [5.41, 5.74) is 5.45. The molecule has 0 fully saturated rings. The zero-order valence-electron chi connectivity index (χ0n) is 20.1. The second-order valence-corrected chi connectivity index (χ2v) is 8.90. The molecule has 4 rings (SSSR count). The van der Waals surface area contributed by atoms with Gasteiger partial charge in [0.25, 0.3) is 0 Å². The molecule has 6 nitrogen and oxygen atoms in total. The second kappa shape index (κ2) is 10.1. The van der Waals surface area contributed by atoms with Crippen LogP contribution in [0.3, 0.4) is 0 Å². The van der Waals surface area contributed by atoms with Crippen LogP contribution in [-0.2, 0) is 9.53 Å². The number of nitrogens with zero attached hydrogens (tertiary/aromatic N) is 3. The number of benzene rings is 2. The summed E-state index contributed by atoms with van der Waals surface area (Å²) < 4.78 is 7.89. The first-order valence-corrected chi connectivity index (χ1v) is 11.9. The van der Waals surface area contributed by atoms with E-state index in [0.29, 0.717) is 12.2 Å². The van der Waals surface area contributed by atoms with Gasteiger partial charge in [0, 0.05) is 25.5 Å². The molecule has 0 saturated carbocycles. The van der Waals surface area contributed by atoms with E-state index in [1.165, 1.54) is 19.3 Å². The molecule has 174 valence electrons. The maximum absolute atomic E-state index is 13.4. The van der Waals surface area contributed by atoms with E-state index in [9.17, 15) is 4.79 Å². The molecule has 0 bridgehead atoms. The van der Waals surface area contributed by atoms with Crippen molar-refractivity contribution < 1.29 is 9.53 Å². The summed E-state index contributed by atoms with van der Waals surface area (Å²) in [6.07, 6.45) is 5.59. The lowest BCUT2D eigenvalue weighted by Crippen LogP contribution is -2.29. The minimum Gasteiger partial charge on any atom is -0.462 e. The lowest BCUT2D eigenvalue weighted by Gasteiger charge is -2.30. The van der Waals surface area contributed by atoms with Crippen LogP contribution in [0, 0.1) is 0 Å². The van der Waals surface area contributed by atoms with Crippen molar-refractivity contribution in [3.8, 4) is 0 Å². The Morgan fingerprint density at radius 3 is 2.52 bits per heavy atom. The van der Waals surface area contributed by atoms with Crippen LogP contribution >= 0.6 is 0 Å². The zero-order valence-corrected chi connectivity index (χ0v) is 20.1. The minimum absolute atomic E-state index is 0.263. The molecule has 0 saturated heterocycles. The molecule has 2 heterocycles. The van der Waals surface area contributed by atoms with Crippen molar-refractivity contribution in [3.05, 3.63) is 65.4 Å². The van der Waals surface area contributed by atoms with E-state index in [0.717, 1.165) is 46.8 Å². The Morgan fingerprint density at radius 2 is 1.79 bits per heavy atom. The molecule has 0 amide bonds. The van der Waals surface area contributed by atoms with Gasteiger partial charge in [-0.2, -0.15) is 0 Å². The Hall–Kier alpha value is -3.28. The van der Waals surface area contributed by atoms with Crippen molar-refractivity contribution in [2.45, 2.75) is 52.0 Å². The van der Waals surface area contributed by atoms with E-state index in [1.807, 2.05) is 45.3 Å². The molecule has 1 atom stereocenters. The summed E-state index contributed by atoms with van der Waals surface area (Å²) in [6, 6.07) is 16.1. The fraction of sp³-hybridized carbons (Fsp3) is 0.407. The Labute approximate surface area is 196 Å². The van der Waals surface area contributed by atoms with Crippen LogP contribution in [0.5, 0.6) is 0 Å². The van der Waals surface area contributed by atoms with Crippen LogP contribution in [0.15, 0.2) is 59.8 Å². The van der Waals surface area contributed by atoms with Gasteiger partial charge in [0.2, 0.25) is 5.95 Å². The maximum atomic E-state index is 13.4. The number of allylic oxidation sites excluding steroid dienone is 1. The molecule has 0 unspecified atom stereocenters. The minimum atomic E-state index is -0.308. The number of nitrogens with one attached hydrogen (secondary N) is 1. The number of fused-ring (bicyclic) bond motifs is 3. The molecule has 1 aliphatic rings. The van der Waals surface area contributed by atoms with Crippen LogP contribution in [0.4, 0.5) is 11.6 Å². The molecule has 0 radical (unpaired) electrons. The standard InChI is InChI=1S/C27H34N4O2/c1-5-6-7-8-11-18-33-26(32)24-19(2)28-27-29-22-12-9-10-13-23(22)31(27)25(24)20-14-16-21(17-15-20)30(3)4/h9-10,12-17,25H,5-8,11,18H2,1-4H3,(H,28,29)/t25-/m0/s1. The first-order valence-electron chi connectivity index (χ1n) is 11.9. The van der Waals surface area contributed by atoms with Gasteiger partial charge in [-0.05, 0) is 43.2 Å². The molecule has 3 aromatic rings. The van der Waals surface area contributed by atoms with Crippen molar-refractivity contribution in [1.29, 1.82) is 0 Å². The smallest absolute Gasteiger partial charge is 0.338 e. The van der Waals surface area contributed by atoms with Gasteiger partial charge in [0.1, 0.15) is 0 Å². The Morgan fingerprint density at radius 1 is 1.06 bits per heavy atom. The second-order valence-electron chi connectivity index (χ2n) is 8.90. The third-order valence-corrected chi connectivity index (χ3v) is 6.26. The largest absolute Gasteiger partial charge is 0.462 e. The van der Waals surface area contributed by atoms with Gasteiger partial charge < -0.3 is 15.0 Å². The number of para-hydroxylation sites is 2. The van der Waals surface area contributed by atoms with Gasteiger partial charge in [0.15, 0.2) is 0 Å². The average molecular weight is 447 g/mol. The van der Waals surface area contributed by atoms with Crippen LogP contribution in [0.25, 0.3) is 11.0 Å². The summed E-state index contributed by atoms with van der Waals surface area (Å²) in [5, 5.41) is 3.35. The fourth-order valence-corrected chi connectivity index (χ4v) is 4.45. The number of rotatable bonds is 9. The van der Waals surface area contributed by atoms with Crippen LogP contribution < -0.4 is 10.2 Å². The van der Waals surface area contributed by atoms with Gasteiger partial charge >= 0.3 is 5.97 Å². The SMILES string of the molecule is CCCCCCCOC(=O)C1=C(C)Nc2nc3ccccc3n2[C@H]1c1ccc(N(C)C)cc1. The molecule has 6 heteroatoms. The van der Waals surface area contributed by atoms with Gasteiger partial charge in [-0.3, -0.25) is 4.57 Å². The lowest BCUT2D eigenvalue weighted by atomic mass is 9.94. The first kappa shape index (κ1) is 22.9. The Balaban J connectivity index is 1.68. The number of aromatic nitrogens is 2. The zero-order chi connectivity index (χ0) is 23.4. The molecular formula is C27H34N4O2. The predicted molar refractivity (Wildman–Crippen MR) is 135 cm³/mol. The number of carbonyl (C=O) groups is 1. The van der Waals surface area contributed by atoms with Crippen molar-refractivity contribution in [3.63, 3.8) is 0 Å². The third kappa shape index (κ3) is 4.75. The number of imidazole rings is 1. The number of ether oxygens (including phenoxy) is 1. The van der Waals surface area contributed by atoms with E-state index in [4.69, 9.17) is 9.72 Å². The van der Waals surface area contributed by atoms with Crippen LogP contribution in [-0.4, -0.2) is 36.2 Å². The number of anilines is 2. The molecule has 1 aliphatic heterocycles. The third-order valence-electron chi connectivity index (χ3n) is 6.26. The topological polar surface area (TPSA) is 59.4 Å². The summed E-state index contributed by atoms with van der Waals surface area (Å²) in [5.74, 6) is 0.479. The molecular weight excluding hydrogens is 412 g/mol. The van der Waals surface area contributed by atoms with Crippen molar-refractivity contribution in [1.82, 2.24) is 9.55 Å². The highest BCUT2D eigenvalue weighted by molar-refractivity contribution is 5.94. The van der Waals surface area contributed by atoms with E-state index in [-0.39, 0.29) is 12.0 Å². The molecule has 1 aromatic heterocycles. The van der Waals surface area contributed by atoms with Crippen molar-refractivity contribution in [2.75, 3.05) is 30.9 Å². The highest BCUT2D eigenvalue weighted by Crippen LogP contribution is 2.39. The molecule has 2 aromatic carbocycles. The monoisotopic (exact) mass is 446 g/mol. The van der Waals surface area contributed by atoms with Crippen LogP contribution in [0.1, 0.15) is 57.6 Å². The summed E-state index contributed by atoms with van der Waals surface area (Å²) >= 11 is 0. The van der Waals surface area contributed by atoms with E-state index >= 15 is 0 Å². The number of hydrogen-bond donors (Lipinski definition) is 1. The fourth-order valence-electron chi connectivity index (χ4n) is 4.45. The summed E-state index contributed by atoms with van der Waals surface area (Å²) in [6.45, 7) is 4.58.